The van der Waals surface area contributed by atoms with E-state index in [9.17, 15) is 24.6 Å². The third-order valence-corrected chi connectivity index (χ3v) is 6.50. The largest absolute Gasteiger partial charge is 0.492 e. The summed E-state index contributed by atoms with van der Waals surface area (Å²) < 4.78 is 2.61. The van der Waals surface area contributed by atoms with Crippen LogP contribution in [0.2, 0.25) is 0 Å². The van der Waals surface area contributed by atoms with Crippen LogP contribution in [0, 0.1) is 11.8 Å². The first-order chi connectivity index (χ1) is 16.0. The van der Waals surface area contributed by atoms with Crippen LogP contribution < -0.4 is 10.9 Å². The van der Waals surface area contributed by atoms with Crippen molar-refractivity contribution in [2.75, 3.05) is 13.1 Å². The van der Waals surface area contributed by atoms with E-state index in [0.29, 0.717) is 30.8 Å². The van der Waals surface area contributed by atoms with Gasteiger partial charge in [0.25, 0.3) is 11.5 Å². The molecule has 1 saturated heterocycles. The number of aromatic nitrogens is 3. The summed E-state index contributed by atoms with van der Waals surface area (Å²) in [6.07, 6.45) is 6.88. The summed E-state index contributed by atoms with van der Waals surface area (Å²) in [6.45, 7) is 8.74. The van der Waals surface area contributed by atoms with E-state index in [4.69, 9.17) is 0 Å². The van der Waals surface area contributed by atoms with Gasteiger partial charge in [0, 0.05) is 43.2 Å². The van der Waals surface area contributed by atoms with Crippen molar-refractivity contribution < 1.29 is 19.8 Å². The Morgan fingerprint density at radius 1 is 1.29 bits per heavy atom. The molecule has 2 aromatic rings. The second-order valence-electron chi connectivity index (χ2n) is 10.3. The molecule has 1 aliphatic carbocycles. The van der Waals surface area contributed by atoms with Crippen LogP contribution in [0.5, 0.6) is 5.88 Å². The standard InChI is InChI=1S/C24H33N5O5/c1-14(2)12-28-21-15(5-8-18(30)27-10-9-16(13-27)24(3,4)34)11-25-29(21)23(33)19(22(28)32)20(31)26-17-6-7-17/h5,8,11,14,16-17,33-34H,6-7,9-10,12-13H2,1-4H3,(H,26,31)/b8-5+/t16-/m0/s1. The summed E-state index contributed by atoms with van der Waals surface area (Å²) in [5, 5.41) is 28.0. The number of hydrogen-bond acceptors (Lipinski definition) is 6. The second-order valence-corrected chi connectivity index (χ2v) is 10.3. The molecule has 1 atom stereocenters. The molecule has 1 aliphatic heterocycles. The van der Waals surface area contributed by atoms with E-state index in [-0.39, 0.29) is 29.3 Å². The van der Waals surface area contributed by atoms with Crippen LogP contribution >= 0.6 is 0 Å². The van der Waals surface area contributed by atoms with E-state index in [0.717, 1.165) is 19.3 Å². The fourth-order valence-corrected chi connectivity index (χ4v) is 4.35. The zero-order chi connectivity index (χ0) is 24.8. The Balaban J connectivity index is 1.68. The van der Waals surface area contributed by atoms with Crippen molar-refractivity contribution in [1.82, 2.24) is 24.4 Å². The van der Waals surface area contributed by atoms with Gasteiger partial charge in [-0.05, 0) is 45.1 Å². The zero-order valence-corrected chi connectivity index (χ0v) is 20.1. The van der Waals surface area contributed by atoms with E-state index in [1.807, 2.05) is 13.8 Å². The molecule has 3 N–H and O–H groups in total. The highest BCUT2D eigenvalue weighted by Gasteiger charge is 2.35. The number of fused-ring (bicyclic) bond motifs is 1. The van der Waals surface area contributed by atoms with Gasteiger partial charge in [-0.25, -0.2) is 0 Å². The first-order valence-corrected chi connectivity index (χ1v) is 11.8. The lowest BCUT2D eigenvalue weighted by molar-refractivity contribution is -0.125. The number of rotatable bonds is 7. The number of nitrogens with one attached hydrogen (secondary N) is 1. The molecule has 2 amide bonds. The Kier molecular flexibility index (Phi) is 6.28. The Morgan fingerprint density at radius 3 is 2.59 bits per heavy atom. The lowest BCUT2D eigenvalue weighted by Crippen LogP contribution is -2.36. The smallest absolute Gasteiger partial charge is 0.270 e. The van der Waals surface area contributed by atoms with Crippen molar-refractivity contribution >= 4 is 23.5 Å². The molecule has 0 radical (unpaired) electrons. The van der Waals surface area contributed by atoms with Crippen LogP contribution in [0.3, 0.4) is 0 Å². The third kappa shape index (κ3) is 4.72. The van der Waals surface area contributed by atoms with E-state index >= 15 is 0 Å². The molecule has 34 heavy (non-hydrogen) atoms. The molecule has 2 fully saturated rings. The minimum absolute atomic E-state index is 0.00945. The van der Waals surface area contributed by atoms with Gasteiger partial charge in [-0.2, -0.15) is 9.61 Å². The molecule has 10 heteroatoms. The molecule has 1 saturated carbocycles. The van der Waals surface area contributed by atoms with E-state index in [1.165, 1.54) is 21.4 Å². The molecule has 3 heterocycles. The van der Waals surface area contributed by atoms with Gasteiger partial charge >= 0.3 is 0 Å². The fourth-order valence-electron chi connectivity index (χ4n) is 4.35. The minimum atomic E-state index is -0.852. The van der Waals surface area contributed by atoms with Crippen molar-refractivity contribution in [3.8, 4) is 5.88 Å². The van der Waals surface area contributed by atoms with Crippen LogP contribution in [0.4, 0.5) is 0 Å². The van der Waals surface area contributed by atoms with Crippen molar-refractivity contribution in [3.05, 3.63) is 33.8 Å². The van der Waals surface area contributed by atoms with Crippen molar-refractivity contribution in [1.29, 1.82) is 0 Å². The summed E-state index contributed by atoms with van der Waals surface area (Å²) in [5.41, 5.74) is -0.974. The van der Waals surface area contributed by atoms with Gasteiger partial charge in [0.15, 0.2) is 5.56 Å². The first-order valence-electron chi connectivity index (χ1n) is 11.8. The zero-order valence-electron chi connectivity index (χ0n) is 20.1. The Morgan fingerprint density at radius 2 is 2.00 bits per heavy atom. The number of aliphatic hydroxyl groups is 1. The van der Waals surface area contributed by atoms with Crippen molar-refractivity contribution in [2.45, 2.75) is 65.1 Å². The van der Waals surface area contributed by atoms with Gasteiger partial charge in [0.2, 0.25) is 11.8 Å². The predicted octanol–water partition coefficient (Wildman–Crippen LogP) is 1.38. The van der Waals surface area contributed by atoms with Crippen LogP contribution in [0.15, 0.2) is 17.1 Å². The number of hydrogen-bond donors (Lipinski definition) is 3. The average Bonchev–Trinajstić information content (AvgIpc) is 3.25. The fraction of sp³-hybridized carbons (Fsp3) is 0.583. The highest BCUT2D eigenvalue weighted by atomic mass is 16.3. The SMILES string of the molecule is CC(C)Cn1c(=O)c(C(=O)NC2CC2)c(O)n2ncc(/C=C/C(=O)N3CC[C@H](C(C)(C)O)C3)c12. The molecular weight excluding hydrogens is 438 g/mol. The van der Waals surface area contributed by atoms with Crippen LogP contribution in [-0.4, -0.2) is 65.8 Å². The van der Waals surface area contributed by atoms with Crippen molar-refractivity contribution in [2.24, 2.45) is 11.8 Å². The summed E-state index contributed by atoms with van der Waals surface area (Å²) in [4.78, 5) is 40.4. The minimum Gasteiger partial charge on any atom is -0.492 e. The number of nitrogens with zero attached hydrogens (tertiary/aromatic N) is 4. The second kappa shape index (κ2) is 8.90. The molecule has 0 aromatic carbocycles. The predicted molar refractivity (Wildman–Crippen MR) is 126 cm³/mol. The maximum Gasteiger partial charge on any atom is 0.270 e. The summed E-state index contributed by atoms with van der Waals surface area (Å²) >= 11 is 0. The molecule has 10 nitrogen and oxygen atoms in total. The highest BCUT2D eigenvalue weighted by molar-refractivity contribution is 5.97. The van der Waals surface area contributed by atoms with Gasteiger partial charge in [-0.1, -0.05) is 13.8 Å². The number of amides is 2. The molecular formula is C24H33N5O5. The lowest BCUT2D eigenvalue weighted by atomic mass is 9.90. The summed E-state index contributed by atoms with van der Waals surface area (Å²) in [5.74, 6) is -1.23. The number of carbonyl (C=O) groups excluding carboxylic acids is 2. The normalized spacial score (nSPS) is 19.0. The van der Waals surface area contributed by atoms with Gasteiger partial charge in [-0.3, -0.25) is 19.0 Å². The Hall–Kier alpha value is -3.14. The van der Waals surface area contributed by atoms with Gasteiger partial charge in [-0.15, -0.1) is 0 Å². The van der Waals surface area contributed by atoms with Gasteiger partial charge in [0.1, 0.15) is 5.65 Å². The maximum atomic E-state index is 13.3. The Bertz CT molecular complexity index is 1200. The third-order valence-electron chi connectivity index (χ3n) is 6.50. The lowest BCUT2D eigenvalue weighted by Gasteiger charge is -2.25. The van der Waals surface area contributed by atoms with Gasteiger partial charge in [0.05, 0.1) is 11.8 Å². The van der Waals surface area contributed by atoms with Crippen LogP contribution in [-0.2, 0) is 11.3 Å². The van der Waals surface area contributed by atoms with E-state index < -0.39 is 22.9 Å². The van der Waals surface area contributed by atoms with Crippen molar-refractivity contribution in [3.63, 3.8) is 0 Å². The summed E-state index contributed by atoms with van der Waals surface area (Å²) in [6, 6.07) is 0.0317. The summed E-state index contributed by atoms with van der Waals surface area (Å²) in [7, 11) is 0. The van der Waals surface area contributed by atoms with Crippen LogP contribution in [0.25, 0.3) is 11.7 Å². The number of aromatic hydroxyl groups is 1. The monoisotopic (exact) mass is 471 g/mol. The van der Waals surface area contributed by atoms with Crippen LogP contribution in [0.1, 0.15) is 62.9 Å². The van der Waals surface area contributed by atoms with E-state index in [2.05, 4.69) is 10.4 Å². The number of carbonyl (C=O) groups is 2. The Labute approximate surface area is 197 Å². The topological polar surface area (TPSA) is 129 Å². The molecule has 0 spiro atoms. The molecule has 0 unspecified atom stereocenters. The first kappa shape index (κ1) is 24.0. The van der Waals surface area contributed by atoms with Gasteiger partial charge < -0.3 is 20.4 Å². The quantitative estimate of drug-likeness (QED) is 0.523. The molecule has 2 aromatic heterocycles. The average molecular weight is 472 g/mol. The number of likely N-dealkylation sites (tertiary alicyclic amines) is 1. The molecule has 4 rings (SSSR count). The molecule has 0 bridgehead atoms. The van der Waals surface area contributed by atoms with E-state index in [1.54, 1.807) is 24.8 Å². The maximum absolute atomic E-state index is 13.3. The molecule has 2 aliphatic rings. The highest BCUT2D eigenvalue weighted by Crippen LogP contribution is 2.28. The molecule has 184 valence electrons.